The minimum atomic E-state index is 0. The topological polar surface area (TPSA) is 32.3 Å². The van der Waals surface area contributed by atoms with Gasteiger partial charge in [-0.15, -0.1) is 12.4 Å². The van der Waals surface area contributed by atoms with Gasteiger partial charge in [-0.25, -0.2) is 0 Å². The minimum absolute atomic E-state index is 0. The van der Waals surface area contributed by atoms with Crippen LogP contribution in [0.4, 0.5) is 0 Å². The van der Waals surface area contributed by atoms with Crippen LogP contribution in [0.2, 0.25) is 0 Å². The third-order valence-corrected chi connectivity index (χ3v) is 3.92. The van der Waals surface area contributed by atoms with Crippen LogP contribution in [0.5, 0.6) is 0 Å². The summed E-state index contributed by atoms with van der Waals surface area (Å²) in [5.41, 5.74) is 0. The fraction of sp³-hybridized carbons (Fsp3) is 0.923. The molecule has 1 saturated heterocycles. The first-order valence-electron chi connectivity index (χ1n) is 6.65. The van der Waals surface area contributed by atoms with Crippen LogP contribution in [0.25, 0.3) is 0 Å². The summed E-state index contributed by atoms with van der Waals surface area (Å²) in [6.45, 7) is 4.12. The Hall–Kier alpha value is -0.280. The second kappa shape index (κ2) is 6.60. The molecule has 1 amide bonds. The first-order chi connectivity index (χ1) is 7.66. The predicted octanol–water partition coefficient (Wildman–Crippen LogP) is 2.05. The average molecular weight is 261 g/mol. The van der Waals surface area contributed by atoms with Crippen molar-refractivity contribution < 1.29 is 4.79 Å². The maximum absolute atomic E-state index is 12.2. The van der Waals surface area contributed by atoms with Crippen molar-refractivity contribution in [2.24, 2.45) is 11.8 Å². The normalized spacial score (nSPS) is 28.4. The van der Waals surface area contributed by atoms with Crippen molar-refractivity contribution in [1.29, 1.82) is 0 Å². The minimum Gasteiger partial charge on any atom is -0.346 e. The van der Waals surface area contributed by atoms with Crippen LogP contribution in [0.15, 0.2) is 0 Å². The molecule has 2 rings (SSSR count). The lowest BCUT2D eigenvalue weighted by atomic mass is 9.92. The molecule has 0 aromatic heterocycles. The monoisotopic (exact) mass is 260 g/mol. The lowest BCUT2D eigenvalue weighted by molar-refractivity contribution is -0.135. The van der Waals surface area contributed by atoms with Crippen molar-refractivity contribution in [3.8, 4) is 0 Å². The molecule has 100 valence electrons. The zero-order chi connectivity index (χ0) is 11.5. The highest BCUT2D eigenvalue weighted by Gasteiger charge is 2.28. The molecule has 2 fully saturated rings. The molecule has 0 unspecified atom stereocenters. The Labute approximate surface area is 111 Å². The summed E-state index contributed by atoms with van der Waals surface area (Å²) in [6, 6.07) is 0.500. The molecule has 1 N–H and O–H groups in total. The number of amides is 1. The third-order valence-electron chi connectivity index (χ3n) is 3.92. The highest BCUT2D eigenvalue weighted by atomic mass is 35.5. The van der Waals surface area contributed by atoms with Gasteiger partial charge in [-0.3, -0.25) is 4.79 Å². The molecule has 1 heterocycles. The number of rotatable bonds is 4. The molecule has 1 aliphatic carbocycles. The van der Waals surface area contributed by atoms with E-state index >= 15 is 0 Å². The van der Waals surface area contributed by atoms with E-state index in [0.29, 0.717) is 11.9 Å². The van der Waals surface area contributed by atoms with Crippen LogP contribution in [-0.4, -0.2) is 37.0 Å². The van der Waals surface area contributed by atoms with Gasteiger partial charge in [0, 0.05) is 25.6 Å². The van der Waals surface area contributed by atoms with E-state index in [1.54, 1.807) is 0 Å². The number of carbonyl (C=O) groups is 1. The third kappa shape index (κ3) is 4.47. The Bertz CT molecular complexity index is 256. The van der Waals surface area contributed by atoms with Crippen molar-refractivity contribution in [1.82, 2.24) is 10.2 Å². The Morgan fingerprint density at radius 3 is 2.65 bits per heavy atom. The summed E-state index contributed by atoms with van der Waals surface area (Å²) in [6.07, 6.45) is 5.99. The molecule has 0 aromatic carbocycles. The second-order valence-electron chi connectivity index (χ2n) is 5.57. The maximum Gasteiger partial charge on any atom is 0.225 e. The van der Waals surface area contributed by atoms with Crippen LogP contribution >= 0.6 is 12.4 Å². The van der Waals surface area contributed by atoms with Crippen LogP contribution in [0.3, 0.4) is 0 Å². The van der Waals surface area contributed by atoms with Gasteiger partial charge in [0.15, 0.2) is 0 Å². The van der Waals surface area contributed by atoms with Gasteiger partial charge >= 0.3 is 0 Å². The largest absolute Gasteiger partial charge is 0.346 e. The van der Waals surface area contributed by atoms with Gasteiger partial charge in [-0.2, -0.15) is 0 Å². The average Bonchev–Trinajstić information content (AvgIpc) is 3.08. The summed E-state index contributed by atoms with van der Waals surface area (Å²) in [4.78, 5) is 14.1. The number of piperidine rings is 1. The van der Waals surface area contributed by atoms with E-state index in [4.69, 9.17) is 0 Å². The molecule has 0 bridgehead atoms. The molecule has 2 aliphatic rings. The molecule has 1 saturated carbocycles. The molecule has 17 heavy (non-hydrogen) atoms. The van der Waals surface area contributed by atoms with Crippen LogP contribution in [0, 0.1) is 11.8 Å². The first-order valence-corrected chi connectivity index (χ1v) is 6.65. The van der Waals surface area contributed by atoms with Gasteiger partial charge in [0.1, 0.15) is 0 Å². The summed E-state index contributed by atoms with van der Waals surface area (Å²) >= 11 is 0. The maximum atomic E-state index is 12.2. The lowest BCUT2D eigenvalue weighted by Gasteiger charge is -2.30. The zero-order valence-electron chi connectivity index (χ0n) is 10.9. The number of carbonyl (C=O) groups excluding carboxylic acids is 1. The van der Waals surface area contributed by atoms with Crippen LogP contribution in [-0.2, 0) is 4.79 Å². The second-order valence-corrected chi connectivity index (χ2v) is 5.57. The smallest absolute Gasteiger partial charge is 0.225 e. The number of hydrogen-bond acceptors (Lipinski definition) is 2. The predicted molar refractivity (Wildman–Crippen MR) is 72.4 cm³/mol. The molecular weight excluding hydrogens is 236 g/mol. The van der Waals surface area contributed by atoms with Crippen LogP contribution in [0.1, 0.15) is 39.0 Å². The van der Waals surface area contributed by atoms with Crippen LogP contribution < -0.4 is 5.32 Å². The van der Waals surface area contributed by atoms with Crippen molar-refractivity contribution >= 4 is 18.3 Å². The summed E-state index contributed by atoms with van der Waals surface area (Å²) in [7, 11) is 1.97. The Kier molecular flexibility index (Phi) is 5.74. The number of halogens is 1. The number of nitrogens with one attached hydrogen (secondary N) is 1. The Morgan fingerprint density at radius 1 is 1.35 bits per heavy atom. The summed E-state index contributed by atoms with van der Waals surface area (Å²) in [5, 5.41) is 3.40. The summed E-state index contributed by atoms with van der Waals surface area (Å²) in [5.74, 6) is 1.55. The number of nitrogens with zero attached hydrogens (tertiary/aromatic N) is 1. The fourth-order valence-electron chi connectivity index (χ4n) is 2.56. The molecule has 1 aliphatic heterocycles. The number of hydrogen-bond donors (Lipinski definition) is 1. The molecule has 4 heteroatoms. The molecule has 2 atom stereocenters. The van der Waals surface area contributed by atoms with E-state index in [-0.39, 0.29) is 18.3 Å². The molecule has 0 spiro atoms. The SMILES string of the molecule is C[C@H]1C[C@@H](C(=O)N(C)CCC2CC2)CCN1.Cl. The van der Waals surface area contributed by atoms with Gasteiger partial charge in [0.2, 0.25) is 5.91 Å². The zero-order valence-corrected chi connectivity index (χ0v) is 11.8. The van der Waals surface area contributed by atoms with E-state index in [9.17, 15) is 4.79 Å². The molecule has 3 nitrogen and oxygen atoms in total. The Morgan fingerprint density at radius 2 is 2.06 bits per heavy atom. The first kappa shape index (κ1) is 14.8. The lowest BCUT2D eigenvalue weighted by Crippen LogP contribution is -2.43. The molecular formula is C13H25ClN2O. The van der Waals surface area contributed by atoms with Crippen molar-refractivity contribution in [2.75, 3.05) is 20.1 Å². The van der Waals surface area contributed by atoms with Crippen molar-refractivity contribution in [2.45, 2.75) is 45.1 Å². The fourth-order valence-corrected chi connectivity index (χ4v) is 2.56. The van der Waals surface area contributed by atoms with E-state index < -0.39 is 0 Å². The molecule has 0 radical (unpaired) electrons. The van der Waals surface area contributed by atoms with Gasteiger partial charge < -0.3 is 10.2 Å². The summed E-state index contributed by atoms with van der Waals surface area (Å²) < 4.78 is 0. The van der Waals surface area contributed by atoms with Gasteiger partial charge in [-0.1, -0.05) is 12.8 Å². The highest BCUT2D eigenvalue weighted by Crippen LogP contribution is 2.32. The highest BCUT2D eigenvalue weighted by molar-refractivity contribution is 5.85. The van der Waals surface area contributed by atoms with E-state index in [1.807, 2.05) is 11.9 Å². The van der Waals surface area contributed by atoms with Gasteiger partial charge in [-0.05, 0) is 38.6 Å². The van der Waals surface area contributed by atoms with Crippen molar-refractivity contribution in [3.05, 3.63) is 0 Å². The Balaban J connectivity index is 0.00000144. The molecule has 0 aromatic rings. The van der Waals surface area contributed by atoms with E-state index in [0.717, 1.165) is 31.8 Å². The van der Waals surface area contributed by atoms with Gasteiger partial charge in [0.05, 0.1) is 0 Å². The van der Waals surface area contributed by atoms with E-state index in [2.05, 4.69) is 12.2 Å². The quantitative estimate of drug-likeness (QED) is 0.839. The van der Waals surface area contributed by atoms with Gasteiger partial charge in [0.25, 0.3) is 0 Å². The van der Waals surface area contributed by atoms with Crippen molar-refractivity contribution in [3.63, 3.8) is 0 Å². The van der Waals surface area contributed by atoms with E-state index in [1.165, 1.54) is 19.3 Å². The standard InChI is InChI=1S/C13H24N2O.ClH/c1-10-9-12(5-7-14-10)13(16)15(2)8-6-11-3-4-11;/h10-12,14H,3-9H2,1-2H3;1H/t10-,12-;/m0./s1.